The van der Waals surface area contributed by atoms with E-state index in [2.05, 4.69) is 44.8 Å². The molecule has 3 nitrogen and oxygen atoms in total. The summed E-state index contributed by atoms with van der Waals surface area (Å²) in [6.07, 6.45) is 4.41. The van der Waals surface area contributed by atoms with Gasteiger partial charge in [0.15, 0.2) is 0 Å². The fourth-order valence-corrected chi connectivity index (χ4v) is 2.83. The summed E-state index contributed by atoms with van der Waals surface area (Å²) >= 11 is 0. The number of amides is 1. The lowest BCUT2D eigenvalue weighted by atomic mass is 10.0. The smallest absolute Gasteiger partial charge is 0.241 e. The summed E-state index contributed by atoms with van der Waals surface area (Å²) in [6, 6.07) is 0.393. The van der Waals surface area contributed by atoms with Crippen LogP contribution in [0.5, 0.6) is 0 Å². The van der Waals surface area contributed by atoms with Crippen LogP contribution in [-0.2, 0) is 4.79 Å². The van der Waals surface area contributed by atoms with Gasteiger partial charge in [0.2, 0.25) is 5.91 Å². The number of carbonyl (C=O) groups excluding carboxylic acids is 1. The molecular weight excluding hydrogens is 212 g/mol. The van der Waals surface area contributed by atoms with Crippen molar-refractivity contribution < 1.29 is 4.79 Å². The maximum Gasteiger partial charge on any atom is 0.241 e. The van der Waals surface area contributed by atoms with Gasteiger partial charge in [-0.3, -0.25) is 10.1 Å². The molecule has 0 spiro atoms. The predicted octanol–water partition coefficient (Wildman–Crippen LogP) is 2.76. The van der Waals surface area contributed by atoms with Crippen LogP contribution in [-0.4, -0.2) is 29.1 Å². The molecule has 1 N–H and O–H groups in total. The van der Waals surface area contributed by atoms with Crippen LogP contribution >= 0.6 is 0 Å². The van der Waals surface area contributed by atoms with Gasteiger partial charge in [-0.2, -0.15) is 0 Å². The third-order valence-electron chi connectivity index (χ3n) is 3.54. The fraction of sp³-hybridized carbons (Fsp3) is 0.929. The molecule has 0 bridgehead atoms. The standard InChI is InChI=1S/C14H28N2O/c1-6-8-13-15-12(7-2)14(17)16(13)11(5)9-10(3)4/h10-13,15H,6-9H2,1-5H3. The van der Waals surface area contributed by atoms with E-state index in [-0.39, 0.29) is 12.2 Å². The summed E-state index contributed by atoms with van der Waals surface area (Å²) < 4.78 is 0. The highest BCUT2D eigenvalue weighted by molar-refractivity contribution is 5.84. The molecule has 0 saturated carbocycles. The average molecular weight is 240 g/mol. The van der Waals surface area contributed by atoms with Gasteiger partial charge in [0, 0.05) is 6.04 Å². The van der Waals surface area contributed by atoms with E-state index in [0.29, 0.717) is 17.9 Å². The molecule has 0 aromatic carbocycles. The van der Waals surface area contributed by atoms with E-state index in [4.69, 9.17) is 0 Å². The molecule has 1 aliphatic rings. The second-order valence-corrected chi connectivity index (χ2v) is 5.66. The number of nitrogens with one attached hydrogen (secondary N) is 1. The Kier molecular flexibility index (Phi) is 5.44. The summed E-state index contributed by atoms with van der Waals surface area (Å²) in [7, 11) is 0. The lowest BCUT2D eigenvalue weighted by molar-refractivity contribution is -0.132. The zero-order chi connectivity index (χ0) is 13.0. The first-order valence-electron chi connectivity index (χ1n) is 7.09. The summed E-state index contributed by atoms with van der Waals surface area (Å²) in [6.45, 7) is 10.9. The van der Waals surface area contributed by atoms with Crippen molar-refractivity contribution in [2.75, 3.05) is 0 Å². The molecular formula is C14H28N2O. The quantitative estimate of drug-likeness (QED) is 0.774. The molecule has 3 heteroatoms. The highest BCUT2D eigenvalue weighted by Gasteiger charge is 2.39. The largest absolute Gasteiger partial charge is 0.323 e. The zero-order valence-corrected chi connectivity index (χ0v) is 12.0. The molecule has 0 aliphatic carbocycles. The second kappa shape index (κ2) is 6.39. The summed E-state index contributed by atoms with van der Waals surface area (Å²) in [5.74, 6) is 0.944. The van der Waals surface area contributed by atoms with Crippen LogP contribution in [0.2, 0.25) is 0 Å². The zero-order valence-electron chi connectivity index (χ0n) is 12.0. The van der Waals surface area contributed by atoms with Gasteiger partial charge in [0.05, 0.1) is 12.2 Å². The minimum Gasteiger partial charge on any atom is -0.323 e. The van der Waals surface area contributed by atoms with Crippen molar-refractivity contribution in [1.29, 1.82) is 0 Å². The number of carbonyl (C=O) groups is 1. The summed E-state index contributed by atoms with van der Waals surface area (Å²) in [4.78, 5) is 14.4. The maximum atomic E-state index is 12.3. The molecule has 0 radical (unpaired) electrons. The minimum atomic E-state index is 0.0427. The van der Waals surface area contributed by atoms with Gasteiger partial charge in [-0.15, -0.1) is 0 Å². The second-order valence-electron chi connectivity index (χ2n) is 5.66. The van der Waals surface area contributed by atoms with Crippen molar-refractivity contribution in [2.45, 2.75) is 78.6 Å². The van der Waals surface area contributed by atoms with Gasteiger partial charge < -0.3 is 4.90 Å². The summed E-state index contributed by atoms with van der Waals surface area (Å²) in [5, 5.41) is 3.47. The Labute approximate surface area is 106 Å². The van der Waals surface area contributed by atoms with Crippen LogP contribution in [0, 0.1) is 5.92 Å². The third-order valence-corrected chi connectivity index (χ3v) is 3.54. The molecule has 3 atom stereocenters. The minimum absolute atomic E-state index is 0.0427. The number of hydrogen-bond acceptors (Lipinski definition) is 2. The topological polar surface area (TPSA) is 32.3 Å². The highest BCUT2D eigenvalue weighted by atomic mass is 16.2. The molecule has 1 amide bonds. The van der Waals surface area contributed by atoms with Crippen LogP contribution in [0.3, 0.4) is 0 Å². The SMILES string of the molecule is CCCC1NC(CC)C(=O)N1C(C)CC(C)C. The van der Waals surface area contributed by atoms with Gasteiger partial charge in [0.1, 0.15) is 0 Å². The van der Waals surface area contributed by atoms with Gasteiger partial charge in [-0.05, 0) is 32.1 Å². The van der Waals surface area contributed by atoms with Crippen LogP contribution in [0.15, 0.2) is 0 Å². The Hall–Kier alpha value is -0.570. The van der Waals surface area contributed by atoms with Crippen molar-refractivity contribution in [3.05, 3.63) is 0 Å². The summed E-state index contributed by atoms with van der Waals surface area (Å²) in [5.41, 5.74) is 0. The third kappa shape index (κ3) is 3.44. The normalized spacial score (nSPS) is 26.9. The molecule has 100 valence electrons. The van der Waals surface area contributed by atoms with Crippen molar-refractivity contribution in [3.63, 3.8) is 0 Å². The molecule has 0 aromatic rings. The van der Waals surface area contributed by atoms with Crippen molar-refractivity contribution in [2.24, 2.45) is 5.92 Å². The van der Waals surface area contributed by atoms with Gasteiger partial charge >= 0.3 is 0 Å². The van der Waals surface area contributed by atoms with Crippen molar-refractivity contribution in [3.8, 4) is 0 Å². The Morgan fingerprint density at radius 3 is 2.41 bits per heavy atom. The molecule has 17 heavy (non-hydrogen) atoms. The Bertz CT molecular complexity index is 253. The first-order valence-corrected chi connectivity index (χ1v) is 7.09. The molecule has 1 rings (SSSR count). The molecule has 0 aromatic heterocycles. The first-order chi connectivity index (χ1) is 8.01. The predicted molar refractivity (Wildman–Crippen MR) is 71.7 cm³/mol. The molecule has 1 aliphatic heterocycles. The van der Waals surface area contributed by atoms with Crippen molar-refractivity contribution >= 4 is 5.91 Å². The lowest BCUT2D eigenvalue weighted by Gasteiger charge is -2.31. The maximum absolute atomic E-state index is 12.3. The van der Waals surface area contributed by atoms with Gasteiger partial charge in [0.25, 0.3) is 0 Å². The highest BCUT2D eigenvalue weighted by Crippen LogP contribution is 2.23. The van der Waals surface area contributed by atoms with Gasteiger partial charge in [-0.25, -0.2) is 0 Å². The molecule has 1 fully saturated rings. The monoisotopic (exact) mass is 240 g/mol. The van der Waals surface area contributed by atoms with E-state index in [1.54, 1.807) is 0 Å². The van der Waals surface area contributed by atoms with E-state index in [9.17, 15) is 4.79 Å². The molecule has 1 heterocycles. The average Bonchev–Trinajstić information content (AvgIpc) is 2.54. The number of hydrogen-bond donors (Lipinski definition) is 1. The number of nitrogens with zero attached hydrogens (tertiary/aromatic N) is 1. The van der Waals surface area contributed by atoms with Crippen LogP contribution in [0.4, 0.5) is 0 Å². The Morgan fingerprint density at radius 1 is 1.29 bits per heavy atom. The van der Waals surface area contributed by atoms with Crippen molar-refractivity contribution in [1.82, 2.24) is 10.2 Å². The van der Waals surface area contributed by atoms with E-state index in [0.717, 1.165) is 25.7 Å². The number of rotatable bonds is 6. The van der Waals surface area contributed by atoms with Crippen LogP contribution < -0.4 is 5.32 Å². The fourth-order valence-electron chi connectivity index (χ4n) is 2.83. The Balaban J connectivity index is 2.73. The van der Waals surface area contributed by atoms with E-state index >= 15 is 0 Å². The molecule has 3 unspecified atom stereocenters. The van der Waals surface area contributed by atoms with Crippen LogP contribution in [0.1, 0.15) is 60.3 Å². The van der Waals surface area contributed by atoms with Crippen LogP contribution in [0.25, 0.3) is 0 Å². The Morgan fingerprint density at radius 2 is 1.94 bits per heavy atom. The van der Waals surface area contributed by atoms with E-state index in [1.165, 1.54) is 0 Å². The van der Waals surface area contributed by atoms with E-state index < -0.39 is 0 Å². The molecule has 1 saturated heterocycles. The first kappa shape index (κ1) is 14.5. The van der Waals surface area contributed by atoms with Gasteiger partial charge in [-0.1, -0.05) is 34.1 Å². The lowest BCUT2D eigenvalue weighted by Crippen LogP contribution is -2.43. The van der Waals surface area contributed by atoms with E-state index in [1.807, 2.05) is 0 Å².